The van der Waals surface area contributed by atoms with Gasteiger partial charge in [-0.05, 0) is 63.1 Å². The Kier molecular flexibility index (Phi) is 6.68. The summed E-state index contributed by atoms with van der Waals surface area (Å²) in [6.45, 7) is 12.3. The van der Waals surface area contributed by atoms with Crippen LogP contribution in [0.2, 0.25) is 0 Å². The van der Waals surface area contributed by atoms with Gasteiger partial charge in [-0.1, -0.05) is 24.3 Å². The number of hydrogen-bond donors (Lipinski definition) is 1. The molecule has 0 spiro atoms. The van der Waals surface area contributed by atoms with Gasteiger partial charge in [-0.2, -0.15) is 0 Å². The molecule has 1 aromatic carbocycles. The molecule has 2 unspecified atom stereocenters. The van der Waals surface area contributed by atoms with Crippen LogP contribution in [-0.2, 0) is 4.74 Å². The molecule has 0 bridgehead atoms. The van der Waals surface area contributed by atoms with Gasteiger partial charge in [0.05, 0.1) is 11.6 Å². The maximum Gasteiger partial charge on any atom is 0.336 e. The summed E-state index contributed by atoms with van der Waals surface area (Å²) >= 11 is 0. The van der Waals surface area contributed by atoms with Gasteiger partial charge >= 0.3 is 5.97 Å². The average Bonchev–Trinajstić information content (AvgIpc) is 2.84. The van der Waals surface area contributed by atoms with Crippen molar-refractivity contribution in [3.8, 4) is 0 Å². The summed E-state index contributed by atoms with van der Waals surface area (Å²) in [4.78, 5) is 14.4. The highest BCUT2D eigenvalue weighted by Gasteiger charge is 2.38. The van der Waals surface area contributed by atoms with E-state index in [1.54, 1.807) is 12.1 Å². The molecule has 1 aliphatic heterocycles. The standard InChI is InChI=1S/C28H32N2O3/c1-5-29(6-2)19-13-15-23-25(17-19)33-26-18-20(30(7-3)8-4)14-16-24(26)27(23)21-11-9-10-12-22(21)28(31)32/h9-18,23,25H,5-8H2,1-4H3/p+1. The van der Waals surface area contributed by atoms with E-state index in [2.05, 4.69) is 73.6 Å². The zero-order valence-corrected chi connectivity index (χ0v) is 19.9. The number of ether oxygens (including phenoxy) is 1. The first-order valence-electron chi connectivity index (χ1n) is 11.9. The number of carboxylic acid groups (broad SMARTS) is 1. The molecule has 0 saturated carbocycles. The van der Waals surface area contributed by atoms with Crippen LogP contribution < -0.4 is 0 Å². The number of hydrogen-bond acceptors (Lipinski definition) is 3. The lowest BCUT2D eigenvalue weighted by Crippen LogP contribution is -2.34. The first-order valence-corrected chi connectivity index (χ1v) is 11.9. The van der Waals surface area contributed by atoms with E-state index in [9.17, 15) is 9.90 Å². The molecule has 5 heteroatoms. The lowest BCUT2D eigenvalue weighted by Gasteiger charge is -2.38. The number of carboxylic acids is 1. The second kappa shape index (κ2) is 9.65. The smallest absolute Gasteiger partial charge is 0.336 e. The zero-order valence-electron chi connectivity index (χ0n) is 19.9. The van der Waals surface area contributed by atoms with Crippen molar-refractivity contribution in [1.82, 2.24) is 4.90 Å². The van der Waals surface area contributed by atoms with Gasteiger partial charge in [-0.25, -0.2) is 9.37 Å². The summed E-state index contributed by atoms with van der Waals surface area (Å²) < 4.78 is 8.88. The van der Waals surface area contributed by atoms with E-state index in [0.29, 0.717) is 5.56 Å². The van der Waals surface area contributed by atoms with Crippen LogP contribution in [0.15, 0.2) is 77.8 Å². The van der Waals surface area contributed by atoms with Crippen LogP contribution in [-0.4, -0.2) is 58.5 Å². The fourth-order valence-corrected chi connectivity index (χ4v) is 4.98. The molecule has 1 heterocycles. The normalized spacial score (nSPS) is 21.0. The zero-order chi connectivity index (χ0) is 23.5. The van der Waals surface area contributed by atoms with Gasteiger partial charge in [0, 0.05) is 36.4 Å². The lowest BCUT2D eigenvalue weighted by molar-refractivity contribution is -0.519. The molecule has 0 radical (unpaired) electrons. The van der Waals surface area contributed by atoms with Crippen molar-refractivity contribution in [3.63, 3.8) is 0 Å². The Labute approximate surface area is 196 Å². The molecule has 3 aliphatic rings. The molecule has 4 rings (SSSR count). The topological polar surface area (TPSA) is 52.8 Å². The van der Waals surface area contributed by atoms with Crippen molar-refractivity contribution in [2.75, 3.05) is 26.2 Å². The molecule has 0 saturated heterocycles. The number of nitrogens with zero attached hydrogens (tertiary/aromatic N) is 2. The molecule has 0 aromatic heterocycles. The Hall–Kier alpha value is -3.34. The molecule has 5 nitrogen and oxygen atoms in total. The van der Waals surface area contributed by atoms with Crippen LogP contribution in [0.3, 0.4) is 0 Å². The first-order chi connectivity index (χ1) is 16.0. The van der Waals surface area contributed by atoms with Crippen LogP contribution in [0.1, 0.15) is 43.6 Å². The number of carbonyl (C=O) groups is 1. The minimum Gasteiger partial charge on any atom is -0.484 e. The van der Waals surface area contributed by atoms with Crippen molar-refractivity contribution < 1.29 is 19.2 Å². The number of rotatable bonds is 7. The van der Waals surface area contributed by atoms with Crippen LogP contribution in [0, 0.1) is 5.92 Å². The quantitative estimate of drug-likeness (QED) is 0.607. The summed E-state index contributed by atoms with van der Waals surface area (Å²) in [5.41, 5.74) is 5.31. The summed E-state index contributed by atoms with van der Waals surface area (Å²) in [6, 6.07) is 7.29. The average molecular weight is 446 g/mol. The monoisotopic (exact) mass is 445 g/mol. The van der Waals surface area contributed by atoms with E-state index in [1.165, 1.54) is 0 Å². The predicted molar refractivity (Wildman–Crippen MR) is 132 cm³/mol. The highest BCUT2D eigenvalue weighted by atomic mass is 16.5. The third kappa shape index (κ3) is 4.20. The lowest BCUT2D eigenvalue weighted by atomic mass is 9.77. The van der Waals surface area contributed by atoms with Gasteiger partial charge in [0.2, 0.25) is 5.71 Å². The third-order valence-electron chi connectivity index (χ3n) is 6.72. The Morgan fingerprint density at radius 2 is 1.79 bits per heavy atom. The minimum atomic E-state index is -0.915. The van der Waals surface area contributed by atoms with Crippen molar-refractivity contribution >= 4 is 17.3 Å². The first kappa shape index (κ1) is 22.8. The van der Waals surface area contributed by atoms with Gasteiger partial charge in [0.1, 0.15) is 25.0 Å². The Morgan fingerprint density at radius 1 is 1.06 bits per heavy atom. The second-order valence-corrected chi connectivity index (χ2v) is 8.35. The fourth-order valence-electron chi connectivity index (χ4n) is 4.98. The van der Waals surface area contributed by atoms with Gasteiger partial charge in [-0.15, -0.1) is 0 Å². The molecule has 2 aliphatic carbocycles. The molecule has 2 atom stereocenters. The SMILES string of the molecule is CCN(CC)C1=CC2OC3=CC(=[N+](CC)CC)C=CC3=C(c3ccccc3C(=O)O)C2C=C1. The number of aromatic carboxylic acids is 1. The predicted octanol–water partition coefficient (Wildman–Crippen LogP) is 4.90. The second-order valence-electron chi connectivity index (χ2n) is 8.35. The van der Waals surface area contributed by atoms with Crippen molar-refractivity contribution in [1.29, 1.82) is 0 Å². The maximum atomic E-state index is 12.1. The van der Waals surface area contributed by atoms with Crippen molar-refractivity contribution in [3.05, 3.63) is 88.9 Å². The molecule has 1 aromatic rings. The molecule has 1 N–H and O–H groups in total. The molecular weight excluding hydrogens is 412 g/mol. The molecular formula is C28H33N2O3+. The number of fused-ring (bicyclic) bond motifs is 2. The van der Waals surface area contributed by atoms with Gasteiger partial charge in [0.15, 0.2) is 0 Å². The van der Waals surface area contributed by atoms with Gasteiger partial charge < -0.3 is 14.7 Å². The Morgan fingerprint density at radius 3 is 2.45 bits per heavy atom. The van der Waals surface area contributed by atoms with Crippen LogP contribution in [0.4, 0.5) is 0 Å². The number of likely N-dealkylation sites (N-methyl/N-ethyl adjacent to an activating group) is 1. The third-order valence-corrected chi connectivity index (χ3v) is 6.72. The fraction of sp³-hybridized carbons (Fsp3) is 0.357. The van der Waals surface area contributed by atoms with Crippen LogP contribution >= 0.6 is 0 Å². The van der Waals surface area contributed by atoms with E-state index in [1.807, 2.05) is 12.1 Å². The molecule has 0 amide bonds. The molecule has 33 heavy (non-hydrogen) atoms. The van der Waals surface area contributed by atoms with E-state index in [4.69, 9.17) is 4.74 Å². The van der Waals surface area contributed by atoms with E-state index in [0.717, 1.165) is 60.1 Å². The van der Waals surface area contributed by atoms with E-state index in [-0.39, 0.29) is 12.0 Å². The summed E-state index contributed by atoms with van der Waals surface area (Å²) in [5, 5.41) is 9.91. The highest BCUT2D eigenvalue weighted by molar-refractivity contribution is 6.05. The number of allylic oxidation sites excluding steroid dienone is 4. The van der Waals surface area contributed by atoms with Crippen molar-refractivity contribution in [2.45, 2.75) is 33.8 Å². The molecule has 172 valence electrons. The maximum absolute atomic E-state index is 12.1. The summed E-state index contributed by atoms with van der Waals surface area (Å²) in [7, 11) is 0. The van der Waals surface area contributed by atoms with Crippen LogP contribution in [0.25, 0.3) is 5.57 Å². The minimum absolute atomic E-state index is 0.0587. The largest absolute Gasteiger partial charge is 0.484 e. The Bertz CT molecular complexity index is 1120. The van der Waals surface area contributed by atoms with E-state index < -0.39 is 5.97 Å². The summed E-state index contributed by atoms with van der Waals surface area (Å²) in [5.74, 6) is -0.167. The highest BCUT2D eigenvalue weighted by Crippen LogP contribution is 2.45. The molecule has 0 fully saturated rings. The summed E-state index contributed by atoms with van der Waals surface area (Å²) in [6.07, 6.45) is 12.6. The van der Waals surface area contributed by atoms with Crippen molar-refractivity contribution in [2.24, 2.45) is 5.92 Å². The van der Waals surface area contributed by atoms with Gasteiger partial charge in [-0.3, -0.25) is 0 Å². The van der Waals surface area contributed by atoms with Crippen LogP contribution in [0.5, 0.6) is 0 Å². The van der Waals surface area contributed by atoms with E-state index >= 15 is 0 Å². The Balaban J connectivity index is 1.91. The number of benzene rings is 1. The van der Waals surface area contributed by atoms with Gasteiger partial charge in [0.25, 0.3) is 0 Å².